The fourth-order valence-electron chi connectivity index (χ4n) is 7.55. The fraction of sp³-hybridized carbons (Fsp3) is 0. The Hall–Kier alpha value is -6.12. The van der Waals surface area contributed by atoms with Gasteiger partial charge in [-0.15, -0.1) is 0 Å². The summed E-state index contributed by atoms with van der Waals surface area (Å²) >= 11 is 0. The van der Waals surface area contributed by atoms with Crippen molar-refractivity contribution in [3.63, 3.8) is 0 Å². The normalized spacial score (nSPS) is 12.1. The number of aromatic nitrogens is 1. The van der Waals surface area contributed by atoms with E-state index in [2.05, 4.69) is 168 Å². The van der Waals surface area contributed by atoms with Gasteiger partial charge in [0.15, 0.2) is 0 Å². The van der Waals surface area contributed by atoms with Gasteiger partial charge in [0.25, 0.3) is 0 Å². The number of nitrogens with zero attached hydrogens (tertiary/aromatic N) is 1. The van der Waals surface area contributed by atoms with Crippen molar-refractivity contribution in [1.29, 1.82) is 0 Å². The van der Waals surface area contributed by atoms with E-state index in [-0.39, 0.29) is 0 Å². The van der Waals surface area contributed by atoms with Crippen molar-refractivity contribution < 1.29 is 4.74 Å². The first-order valence-corrected chi connectivity index (χ1v) is 15.8. The van der Waals surface area contributed by atoms with E-state index < -0.39 is 0 Å². The molecule has 0 radical (unpaired) electrons. The van der Waals surface area contributed by atoms with Gasteiger partial charge >= 0.3 is 0 Å². The molecule has 0 bridgehead atoms. The summed E-state index contributed by atoms with van der Waals surface area (Å²) in [5.41, 5.74) is 10.7. The van der Waals surface area contributed by atoms with Gasteiger partial charge in [-0.3, -0.25) is 0 Å². The topological polar surface area (TPSA) is 14.2 Å². The summed E-state index contributed by atoms with van der Waals surface area (Å²) in [5.74, 6) is 1.82. The Labute approximate surface area is 266 Å². The van der Waals surface area contributed by atoms with Crippen LogP contribution in [0.2, 0.25) is 0 Å². The van der Waals surface area contributed by atoms with Gasteiger partial charge in [-0.05, 0) is 86.4 Å². The van der Waals surface area contributed by atoms with Crippen molar-refractivity contribution in [3.05, 3.63) is 164 Å². The Morgan fingerprint density at radius 1 is 0.370 bits per heavy atom. The maximum absolute atomic E-state index is 6.41. The van der Waals surface area contributed by atoms with E-state index in [1.165, 1.54) is 71.2 Å². The minimum Gasteiger partial charge on any atom is -0.456 e. The first-order chi connectivity index (χ1) is 22.8. The second kappa shape index (κ2) is 9.69. The van der Waals surface area contributed by atoms with Crippen molar-refractivity contribution in [1.82, 2.24) is 4.57 Å². The van der Waals surface area contributed by atoms with Gasteiger partial charge < -0.3 is 9.30 Å². The average Bonchev–Trinajstić information content (AvgIpc) is 3.47. The molecular formula is C44H27NO. The number of rotatable bonds is 3. The largest absolute Gasteiger partial charge is 0.456 e. The number of hydrogen-bond donors (Lipinski definition) is 0. The quantitative estimate of drug-likeness (QED) is 0.201. The van der Waals surface area contributed by atoms with Crippen LogP contribution in [-0.4, -0.2) is 4.57 Å². The van der Waals surface area contributed by atoms with E-state index in [0.29, 0.717) is 0 Å². The predicted molar refractivity (Wildman–Crippen MR) is 192 cm³/mol. The van der Waals surface area contributed by atoms with Crippen molar-refractivity contribution in [2.45, 2.75) is 0 Å². The van der Waals surface area contributed by atoms with Crippen LogP contribution in [-0.2, 0) is 0 Å². The summed E-state index contributed by atoms with van der Waals surface area (Å²) in [4.78, 5) is 0. The molecule has 2 nitrogen and oxygen atoms in total. The highest BCUT2D eigenvalue weighted by molar-refractivity contribution is 6.21. The lowest BCUT2D eigenvalue weighted by molar-refractivity contribution is 0.487. The van der Waals surface area contributed by atoms with Gasteiger partial charge in [0.1, 0.15) is 11.5 Å². The first-order valence-electron chi connectivity index (χ1n) is 15.8. The Bertz CT molecular complexity index is 2670. The molecule has 2 heteroatoms. The molecule has 0 fully saturated rings. The van der Waals surface area contributed by atoms with E-state index in [4.69, 9.17) is 4.74 Å². The highest BCUT2D eigenvalue weighted by Gasteiger charge is 2.21. The van der Waals surface area contributed by atoms with Crippen LogP contribution in [0, 0.1) is 0 Å². The molecule has 0 amide bonds. The second-order valence-corrected chi connectivity index (χ2v) is 12.1. The minimum absolute atomic E-state index is 0.897. The van der Waals surface area contributed by atoms with E-state index in [1.807, 2.05) is 0 Å². The second-order valence-electron chi connectivity index (χ2n) is 12.1. The third-order valence-electron chi connectivity index (χ3n) is 9.57. The third-order valence-corrected chi connectivity index (χ3v) is 9.57. The number of para-hydroxylation sites is 1. The van der Waals surface area contributed by atoms with E-state index in [0.717, 1.165) is 22.7 Å². The van der Waals surface area contributed by atoms with Crippen molar-refractivity contribution in [2.75, 3.05) is 0 Å². The van der Waals surface area contributed by atoms with Gasteiger partial charge in [0.2, 0.25) is 0 Å². The van der Waals surface area contributed by atoms with E-state index in [1.54, 1.807) is 0 Å². The highest BCUT2D eigenvalue weighted by Crippen LogP contribution is 2.48. The Morgan fingerprint density at radius 2 is 1.07 bits per heavy atom. The molecule has 2 heterocycles. The zero-order chi connectivity index (χ0) is 30.2. The summed E-state index contributed by atoms with van der Waals surface area (Å²) in [6.07, 6.45) is 0. The van der Waals surface area contributed by atoms with Crippen molar-refractivity contribution >= 4 is 43.4 Å². The van der Waals surface area contributed by atoms with Crippen LogP contribution < -0.4 is 4.74 Å². The van der Waals surface area contributed by atoms with Crippen molar-refractivity contribution in [3.8, 4) is 50.6 Å². The molecule has 0 unspecified atom stereocenters. The van der Waals surface area contributed by atoms with Gasteiger partial charge in [-0.2, -0.15) is 0 Å². The molecule has 1 aliphatic rings. The van der Waals surface area contributed by atoms with E-state index in [9.17, 15) is 0 Å². The molecule has 0 saturated heterocycles. The van der Waals surface area contributed by atoms with Crippen LogP contribution in [0.4, 0.5) is 0 Å². The van der Waals surface area contributed by atoms with Crippen LogP contribution >= 0.6 is 0 Å². The third kappa shape index (κ3) is 3.65. The molecule has 0 spiro atoms. The number of ether oxygens (including phenoxy) is 1. The lowest BCUT2D eigenvalue weighted by atomic mass is 9.90. The lowest BCUT2D eigenvalue weighted by Crippen LogP contribution is -1.97. The number of benzene rings is 8. The van der Waals surface area contributed by atoms with Crippen LogP contribution in [0.1, 0.15) is 0 Å². The van der Waals surface area contributed by atoms with E-state index >= 15 is 0 Å². The number of hydrogen-bond acceptors (Lipinski definition) is 1. The van der Waals surface area contributed by atoms with Gasteiger partial charge in [-0.25, -0.2) is 0 Å². The molecule has 0 aliphatic carbocycles. The monoisotopic (exact) mass is 585 g/mol. The molecule has 0 N–H and O–H groups in total. The smallest absolute Gasteiger partial charge is 0.135 e. The molecule has 0 atom stereocenters. The van der Waals surface area contributed by atoms with Crippen LogP contribution in [0.5, 0.6) is 11.5 Å². The summed E-state index contributed by atoms with van der Waals surface area (Å²) in [7, 11) is 0. The molecule has 0 saturated carbocycles. The molecule has 1 aromatic heterocycles. The molecule has 10 rings (SSSR count). The standard InChI is InChI=1S/C44H27NO/c1-2-17-35-28(10-1)22-24-40-44(35)37-18-5-6-20-39(37)45(40)32-14-7-13-30(26-32)33-15-3-4-16-34(33)31-23-25-41-38(27-31)36-19-8-11-29-12-9-21-42(46-41)43(29)36/h1-27H. The predicted octanol–water partition coefficient (Wildman–Crippen LogP) is 12.2. The van der Waals surface area contributed by atoms with Crippen LogP contribution in [0.25, 0.3) is 82.4 Å². The highest BCUT2D eigenvalue weighted by atomic mass is 16.5. The fourth-order valence-corrected chi connectivity index (χ4v) is 7.55. The molecule has 9 aromatic rings. The lowest BCUT2D eigenvalue weighted by Gasteiger charge is -2.22. The zero-order valence-electron chi connectivity index (χ0n) is 24.9. The molecular weight excluding hydrogens is 558 g/mol. The molecule has 214 valence electrons. The van der Waals surface area contributed by atoms with Crippen LogP contribution in [0.15, 0.2) is 164 Å². The minimum atomic E-state index is 0.897. The SMILES string of the molecule is c1cc(-c2ccccc2-c2ccc3c(c2)-c2cccc4cccc(c24)O3)cc(-n2c3ccccc3c3c4ccccc4ccc32)c1. The maximum Gasteiger partial charge on any atom is 0.135 e. The summed E-state index contributed by atoms with van der Waals surface area (Å²) in [6.45, 7) is 0. The Morgan fingerprint density at radius 3 is 1.96 bits per heavy atom. The average molecular weight is 586 g/mol. The summed E-state index contributed by atoms with van der Waals surface area (Å²) in [5, 5.41) is 7.48. The van der Waals surface area contributed by atoms with Crippen LogP contribution in [0.3, 0.4) is 0 Å². The maximum atomic E-state index is 6.41. The molecule has 46 heavy (non-hydrogen) atoms. The molecule has 8 aromatic carbocycles. The molecule has 1 aliphatic heterocycles. The summed E-state index contributed by atoms with van der Waals surface area (Å²) < 4.78 is 8.82. The van der Waals surface area contributed by atoms with Gasteiger partial charge in [0.05, 0.1) is 11.0 Å². The van der Waals surface area contributed by atoms with Gasteiger partial charge in [0, 0.05) is 27.4 Å². The Kier molecular flexibility index (Phi) is 5.31. The van der Waals surface area contributed by atoms with Crippen molar-refractivity contribution in [2.24, 2.45) is 0 Å². The zero-order valence-corrected chi connectivity index (χ0v) is 24.9. The first kappa shape index (κ1) is 25.2. The number of fused-ring (bicyclic) bond motifs is 7. The summed E-state index contributed by atoms with van der Waals surface area (Å²) in [6, 6.07) is 59.0. The Balaban J connectivity index is 1.15. The van der Waals surface area contributed by atoms with Gasteiger partial charge in [-0.1, -0.05) is 121 Å².